The van der Waals surface area contributed by atoms with Crippen molar-refractivity contribution in [1.82, 2.24) is 0 Å². The van der Waals surface area contributed by atoms with Gasteiger partial charge in [0.1, 0.15) is 0 Å². The van der Waals surface area contributed by atoms with Crippen LogP contribution in [-0.4, -0.2) is 35.5 Å². The Kier molecular flexibility index (Phi) is 11.7. The van der Waals surface area contributed by atoms with Gasteiger partial charge in [-0.05, 0) is 80.6 Å². The fraction of sp³-hybridized carbons (Fsp3) is 0.444. The molecular formula is C18H21I3N2O6. The van der Waals surface area contributed by atoms with Crippen LogP contribution in [0, 0.1) is 10.7 Å². The predicted octanol–water partition coefficient (Wildman–Crippen LogP) is 4.61. The van der Waals surface area contributed by atoms with Crippen molar-refractivity contribution in [2.45, 2.75) is 46.0 Å². The highest BCUT2D eigenvalue weighted by Crippen LogP contribution is 2.39. The molecule has 0 bridgehead atoms. The summed E-state index contributed by atoms with van der Waals surface area (Å²) in [6.07, 6.45) is 2.82. The fourth-order valence-electron chi connectivity index (χ4n) is 2.42. The highest BCUT2D eigenvalue weighted by molar-refractivity contribution is 14.1. The minimum Gasteiger partial charge on any atom is -0.481 e. The number of halogens is 3. The smallest absolute Gasteiger partial charge is 0.341 e. The Morgan fingerprint density at radius 2 is 1.38 bits per heavy atom. The molecule has 1 rings (SSSR count). The highest BCUT2D eigenvalue weighted by Gasteiger charge is 2.27. The third kappa shape index (κ3) is 8.51. The zero-order valence-corrected chi connectivity index (χ0v) is 22.3. The van der Waals surface area contributed by atoms with Crippen LogP contribution in [0.5, 0.6) is 0 Å². The van der Waals surface area contributed by atoms with E-state index in [1.165, 1.54) is 13.8 Å². The first-order chi connectivity index (χ1) is 13.6. The number of anilines is 2. The lowest BCUT2D eigenvalue weighted by Crippen LogP contribution is -2.20. The molecule has 11 heteroatoms. The zero-order chi connectivity index (χ0) is 22.1. The minimum atomic E-state index is -0.820. The van der Waals surface area contributed by atoms with Crippen molar-refractivity contribution in [2.75, 3.05) is 17.2 Å². The summed E-state index contributed by atoms with van der Waals surface area (Å²) in [6.45, 7) is 2.85. The Balaban J connectivity index is 3.01. The summed E-state index contributed by atoms with van der Waals surface area (Å²) < 4.78 is 7.48. The number of benzene rings is 1. The molecule has 0 atom stereocenters. The summed E-state index contributed by atoms with van der Waals surface area (Å²) in [5, 5.41) is 13.9. The molecule has 0 saturated carbocycles. The average molecular weight is 742 g/mol. The molecule has 0 aliphatic heterocycles. The van der Waals surface area contributed by atoms with Gasteiger partial charge in [0.2, 0.25) is 11.8 Å². The third-order valence-corrected chi connectivity index (χ3v) is 8.95. The van der Waals surface area contributed by atoms with E-state index in [-0.39, 0.29) is 36.1 Å². The maximum absolute atomic E-state index is 12.8. The molecule has 1 aromatic carbocycles. The Hall–Kier alpha value is -0.710. The lowest BCUT2D eigenvalue weighted by Gasteiger charge is -2.19. The van der Waals surface area contributed by atoms with Crippen LogP contribution in [0.15, 0.2) is 0 Å². The van der Waals surface area contributed by atoms with Gasteiger partial charge < -0.3 is 20.5 Å². The second kappa shape index (κ2) is 12.9. The third-order valence-electron chi connectivity index (χ3n) is 3.65. The number of hydrogen-bond donors (Lipinski definition) is 3. The van der Waals surface area contributed by atoms with E-state index in [9.17, 15) is 19.2 Å². The molecule has 0 unspecified atom stereocenters. The number of carbonyl (C=O) groups is 4. The number of carboxylic acid groups (broad SMARTS) is 1. The Bertz CT molecular complexity index is 814. The van der Waals surface area contributed by atoms with E-state index in [1.54, 1.807) is 0 Å². The fourth-order valence-corrected chi connectivity index (χ4v) is 4.90. The number of rotatable bonds is 10. The molecule has 0 aliphatic carbocycles. The molecular weight excluding hydrogens is 721 g/mol. The molecule has 0 aromatic heterocycles. The second-order valence-electron chi connectivity index (χ2n) is 6.12. The number of carbonyl (C=O) groups excluding carboxylic acids is 3. The Labute approximate surface area is 209 Å². The normalized spacial score (nSPS) is 10.4. The van der Waals surface area contributed by atoms with Crippen LogP contribution < -0.4 is 10.6 Å². The topological polar surface area (TPSA) is 122 Å². The first kappa shape index (κ1) is 26.3. The van der Waals surface area contributed by atoms with Gasteiger partial charge in [0, 0.05) is 27.4 Å². The van der Waals surface area contributed by atoms with Crippen molar-refractivity contribution < 1.29 is 29.0 Å². The van der Waals surface area contributed by atoms with E-state index in [2.05, 4.69) is 55.8 Å². The molecule has 8 nitrogen and oxygen atoms in total. The lowest BCUT2D eigenvalue weighted by molar-refractivity contribution is -0.137. The summed E-state index contributed by atoms with van der Waals surface area (Å²) >= 11 is 6.16. The van der Waals surface area contributed by atoms with Crippen LogP contribution in [0.1, 0.15) is 56.3 Å². The van der Waals surface area contributed by atoms with E-state index in [0.29, 0.717) is 25.7 Å². The van der Waals surface area contributed by atoms with Crippen LogP contribution in [0.4, 0.5) is 11.4 Å². The first-order valence-corrected chi connectivity index (χ1v) is 11.9. The van der Waals surface area contributed by atoms with Gasteiger partial charge in [-0.15, -0.1) is 0 Å². The number of hydrogen-bond acceptors (Lipinski definition) is 5. The van der Waals surface area contributed by atoms with Gasteiger partial charge in [-0.25, -0.2) is 4.79 Å². The molecule has 3 N–H and O–H groups in total. The number of unbranched alkanes of at least 4 members (excludes halogenated alkanes) is 3. The molecule has 2 amide bonds. The monoisotopic (exact) mass is 742 g/mol. The van der Waals surface area contributed by atoms with Crippen molar-refractivity contribution in [2.24, 2.45) is 0 Å². The Morgan fingerprint density at radius 1 is 0.828 bits per heavy atom. The minimum absolute atomic E-state index is 0.130. The number of amides is 2. The number of esters is 1. The number of ether oxygens (including phenoxy) is 1. The molecule has 0 fully saturated rings. The molecule has 0 heterocycles. The molecule has 0 radical (unpaired) electrons. The molecule has 0 aliphatic rings. The summed E-state index contributed by atoms with van der Waals surface area (Å²) in [5.74, 6) is -2.12. The summed E-state index contributed by atoms with van der Waals surface area (Å²) in [5.41, 5.74) is 0.771. The molecule has 29 heavy (non-hydrogen) atoms. The van der Waals surface area contributed by atoms with E-state index in [4.69, 9.17) is 9.84 Å². The van der Waals surface area contributed by atoms with Gasteiger partial charge >= 0.3 is 11.9 Å². The quantitative estimate of drug-likeness (QED) is 0.140. The van der Waals surface area contributed by atoms with Gasteiger partial charge in [-0.2, -0.15) is 0 Å². The van der Waals surface area contributed by atoms with Crippen molar-refractivity contribution in [3.05, 3.63) is 16.3 Å². The van der Waals surface area contributed by atoms with Crippen molar-refractivity contribution in [3.63, 3.8) is 0 Å². The van der Waals surface area contributed by atoms with Crippen molar-refractivity contribution >= 4 is 103 Å². The van der Waals surface area contributed by atoms with Gasteiger partial charge in [-0.3, -0.25) is 14.4 Å². The largest absolute Gasteiger partial charge is 0.481 e. The van der Waals surface area contributed by atoms with Crippen LogP contribution in [0.25, 0.3) is 0 Å². The number of nitrogens with one attached hydrogen (secondary N) is 2. The maximum atomic E-state index is 12.8. The van der Waals surface area contributed by atoms with Crippen LogP contribution in [-0.2, 0) is 19.1 Å². The molecule has 160 valence electrons. The average Bonchev–Trinajstić information content (AvgIpc) is 2.61. The molecule has 0 spiro atoms. The number of aliphatic carboxylic acids is 1. The lowest BCUT2D eigenvalue weighted by atomic mass is 10.1. The van der Waals surface area contributed by atoms with Gasteiger partial charge in [-0.1, -0.05) is 12.8 Å². The maximum Gasteiger partial charge on any atom is 0.341 e. The van der Waals surface area contributed by atoms with Crippen LogP contribution in [0.2, 0.25) is 0 Å². The van der Waals surface area contributed by atoms with Crippen LogP contribution in [0.3, 0.4) is 0 Å². The van der Waals surface area contributed by atoms with Crippen molar-refractivity contribution in [3.8, 4) is 0 Å². The summed E-state index contributed by atoms with van der Waals surface area (Å²) in [6, 6.07) is 0. The van der Waals surface area contributed by atoms with Gasteiger partial charge in [0.15, 0.2) is 0 Å². The van der Waals surface area contributed by atoms with Gasteiger partial charge in [0.05, 0.1) is 27.1 Å². The molecule has 0 saturated heterocycles. The summed E-state index contributed by atoms with van der Waals surface area (Å²) in [7, 11) is 0. The number of carboxylic acids is 1. The first-order valence-electron chi connectivity index (χ1n) is 8.70. The highest BCUT2D eigenvalue weighted by atomic mass is 127. The van der Waals surface area contributed by atoms with Gasteiger partial charge in [0.25, 0.3) is 0 Å². The van der Waals surface area contributed by atoms with E-state index >= 15 is 0 Å². The predicted molar refractivity (Wildman–Crippen MR) is 134 cm³/mol. The standard InChI is InChI=1S/C18H21I3N2O6/c1-9(24)22-16-12(13(19)14(20)15(21)17(16)23-10(2)25)18(28)29-8-6-4-3-5-7-11(26)27/h3-8H2,1-2H3,(H,22,24)(H,23,25)(H,26,27). The van der Waals surface area contributed by atoms with E-state index in [1.807, 2.05) is 22.6 Å². The second-order valence-corrected chi connectivity index (χ2v) is 9.36. The van der Waals surface area contributed by atoms with Crippen LogP contribution >= 0.6 is 67.8 Å². The van der Waals surface area contributed by atoms with Crippen molar-refractivity contribution in [1.29, 1.82) is 0 Å². The summed E-state index contributed by atoms with van der Waals surface area (Å²) in [4.78, 5) is 46.6. The zero-order valence-electron chi connectivity index (χ0n) is 15.9. The molecule has 1 aromatic rings. The van der Waals surface area contributed by atoms with E-state index < -0.39 is 11.9 Å². The SMILES string of the molecule is CC(=O)Nc1c(I)c(I)c(I)c(C(=O)OCCCCCCC(=O)O)c1NC(C)=O. The van der Waals surface area contributed by atoms with E-state index in [0.717, 1.165) is 16.4 Å². The Morgan fingerprint density at radius 3 is 1.93 bits per heavy atom.